The zero-order valence-electron chi connectivity index (χ0n) is 17.8. The minimum atomic E-state index is -4.78. The molecule has 0 bridgehead atoms. The highest BCUT2D eigenvalue weighted by Crippen LogP contribution is 2.40. The highest BCUT2D eigenvalue weighted by atomic mass is 19.4. The molecule has 172 valence electrons. The van der Waals surface area contributed by atoms with Gasteiger partial charge in [-0.1, -0.05) is 19.9 Å². The van der Waals surface area contributed by atoms with Gasteiger partial charge >= 0.3 is 6.36 Å². The van der Waals surface area contributed by atoms with Gasteiger partial charge in [0, 0.05) is 5.56 Å². The molecule has 2 aromatic carbocycles. The van der Waals surface area contributed by atoms with E-state index in [2.05, 4.69) is 29.0 Å². The number of ether oxygens (including phenoxy) is 3. The second kappa shape index (κ2) is 7.72. The second-order valence-electron chi connectivity index (χ2n) is 8.28. The average molecular weight is 459 g/mol. The summed E-state index contributed by atoms with van der Waals surface area (Å²) in [5.41, 5.74) is 3.14. The van der Waals surface area contributed by atoms with Crippen LogP contribution in [-0.2, 0) is 6.42 Å². The van der Waals surface area contributed by atoms with E-state index in [0.717, 1.165) is 16.8 Å². The summed E-state index contributed by atoms with van der Waals surface area (Å²) in [4.78, 5) is 13.0. The van der Waals surface area contributed by atoms with Gasteiger partial charge in [-0.15, -0.1) is 13.2 Å². The zero-order valence-corrected chi connectivity index (χ0v) is 17.8. The Kier molecular flexibility index (Phi) is 4.95. The molecule has 0 spiro atoms. The molecular formula is C23H20F3N3O4. The van der Waals surface area contributed by atoms with Crippen molar-refractivity contribution in [1.29, 1.82) is 0 Å². The Balaban J connectivity index is 1.57. The second-order valence-corrected chi connectivity index (χ2v) is 8.28. The number of hydrogen-bond acceptors (Lipinski definition) is 5. The molecule has 2 aliphatic rings. The summed E-state index contributed by atoms with van der Waals surface area (Å²) in [5, 5.41) is 7.69. The van der Waals surface area contributed by atoms with Gasteiger partial charge in [-0.2, -0.15) is 5.10 Å². The number of aromatic nitrogens is 2. The van der Waals surface area contributed by atoms with Crippen LogP contribution in [0.2, 0.25) is 0 Å². The first-order valence-corrected chi connectivity index (χ1v) is 10.4. The van der Waals surface area contributed by atoms with Gasteiger partial charge in [-0.25, -0.2) is 4.68 Å². The summed E-state index contributed by atoms with van der Waals surface area (Å²) >= 11 is 0. The summed E-state index contributed by atoms with van der Waals surface area (Å²) < 4.78 is 53.8. The molecule has 0 aliphatic carbocycles. The number of carbonyl (C=O) groups excluding carboxylic acids is 1. The Bertz CT molecular complexity index is 1220. The summed E-state index contributed by atoms with van der Waals surface area (Å²) in [7, 11) is 0. The molecule has 3 aromatic rings. The van der Waals surface area contributed by atoms with Gasteiger partial charge in [-0.3, -0.25) is 4.79 Å². The number of rotatable bonds is 5. The number of nitrogens with one attached hydrogen (secondary N) is 1. The van der Waals surface area contributed by atoms with Gasteiger partial charge in [0.2, 0.25) is 6.79 Å². The van der Waals surface area contributed by atoms with E-state index in [1.54, 1.807) is 6.07 Å². The molecule has 0 radical (unpaired) electrons. The fourth-order valence-electron chi connectivity index (χ4n) is 4.12. The van der Waals surface area contributed by atoms with Crippen LogP contribution in [0.1, 0.15) is 47.2 Å². The third-order valence-electron chi connectivity index (χ3n) is 5.42. The number of benzene rings is 2. The Labute approximate surface area is 187 Å². The maximum atomic E-state index is 13.0. The fourth-order valence-corrected chi connectivity index (χ4v) is 4.12. The SMILES string of the molecule is CC(C)Cc1nn(-c2ccc(OC(F)(F)F)cc2)c2c1C(c1ccc3c(c1)OCO3)NC2=O. The predicted molar refractivity (Wildman–Crippen MR) is 111 cm³/mol. The van der Waals surface area contributed by atoms with Crippen molar-refractivity contribution in [3.05, 3.63) is 65.0 Å². The quantitative estimate of drug-likeness (QED) is 0.607. The lowest BCUT2D eigenvalue weighted by molar-refractivity contribution is -0.274. The lowest BCUT2D eigenvalue weighted by Gasteiger charge is -2.14. The molecule has 7 nitrogen and oxygen atoms in total. The number of carbonyl (C=O) groups is 1. The standard InChI is InChI=1S/C23H20F3N3O4/c1-12(2)9-16-19-20(13-3-8-17-18(10-13)32-11-31-17)27-22(30)21(19)29(28-16)14-4-6-15(7-5-14)33-23(24,25)26/h3-8,10,12,20H,9,11H2,1-2H3,(H,27,30). The predicted octanol–water partition coefficient (Wildman–Crippen LogP) is 4.53. The fraction of sp³-hybridized carbons (Fsp3) is 0.304. The molecule has 5 rings (SSSR count). The summed E-state index contributed by atoms with van der Waals surface area (Å²) in [5.74, 6) is 0.856. The van der Waals surface area contributed by atoms with Crippen molar-refractivity contribution in [2.24, 2.45) is 5.92 Å². The van der Waals surface area contributed by atoms with E-state index in [4.69, 9.17) is 9.47 Å². The van der Waals surface area contributed by atoms with Gasteiger partial charge in [0.1, 0.15) is 11.4 Å². The highest BCUT2D eigenvalue weighted by molar-refractivity contribution is 5.99. The van der Waals surface area contributed by atoms with Gasteiger partial charge < -0.3 is 19.5 Å². The third kappa shape index (κ3) is 3.96. The minimum absolute atomic E-state index is 0.144. The molecule has 33 heavy (non-hydrogen) atoms. The molecule has 0 saturated carbocycles. The lowest BCUT2D eigenvalue weighted by atomic mass is 9.96. The lowest BCUT2D eigenvalue weighted by Crippen LogP contribution is -2.23. The van der Waals surface area contributed by atoms with E-state index in [9.17, 15) is 18.0 Å². The Morgan fingerprint density at radius 1 is 1.15 bits per heavy atom. The van der Waals surface area contributed by atoms with Crippen molar-refractivity contribution in [3.8, 4) is 22.9 Å². The van der Waals surface area contributed by atoms with Crippen LogP contribution in [0, 0.1) is 5.92 Å². The molecular weight excluding hydrogens is 439 g/mol. The van der Waals surface area contributed by atoms with Crippen LogP contribution in [0.15, 0.2) is 42.5 Å². The van der Waals surface area contributed by atoms with Crippen molar-refractivity contribution >= 4 is 5.91 Å². The van der Waals surface area contributed by atoms with E-state index in [1.807, 2.05) is 12.1 Å². The van der Waals surface area contributed by atoms with E-state index < -0.39 is 12.4 Å². The van der Waals surface area contributed by atoms with Crippen LogP contribution in [0.4, 0.5) is 13.2 Å². The first-order chi connectivity index (χ1) is 15.7. The van der Waals surface area contributed by atoms with Crippen LogP contribution >= 0.6 is 0 Å². The van der Waals surface area contributed by atoms with Crippen molar-refractivity contribution in [2.45, 2.75) is 32.7 Å². The van der Waals surface area contributed by atoms with Crippen molar-refractivity contribution in [2.75, 3.05) is 6.79 Å². The van der Waals surface area contributed by atoms with E-state index in [-0.39, 0.29) is 24.4 Å². The van der Waals surface area contributed by atoms with Gasteiger partial charge in [0.15, 0.2) is 11.5 Å². The minimum Gasteiger partial charge on any atom is -0.454 e. The molecule has 3 heterocycles. The van der Waals surface area contributed by atoms with Crippen LogP contribution in [-0.4, -0.2) is 28.8 Å². The summed E-state index contributed by atoms with van der Waals surface area (Å²) in [6.45, 7) is 4.24. The van der Waals surface area contributed by atoms with Crippen molar-refractivity contribution < 1.29 is 32.2 Å². The zero-order chi connectivity index (χ0) is 23.3. The maximum absolute atomic E-state index is 13.0. The first kappa shape index (κ1) is 21.2. The largest absolute Gasteiger partial charge is 0.573 e. The monoisotopic (exact) mass is 459 g/mol. The van der Waals surface area contributed by atoms with Crippen LogP contribution in [0.5, 0.6) is 17.2 Å². The Morgan fingerprint density at radius 3 is 2.58 bits per heavy atom. The van der Waals surface area contributed by atoms with Gasteiger partial charge in [-0.05, 0) is 54.3 Å². The normalized spacial score (nSPS) is 16.8. The Morgan fingerprint density at radius 2 is 1.88 bits per heavy atom. The number of halogens is 3. The average Bonchev–Trinajstić information content (AvgIpc) is 3.43. The van der Waals surface area contributed by atoms with Crippen LogP contribution in [0.3, 0.4) is 0 Å². The number of nitrogens with zero attached hydrogens (tertiary/aromatic N) is 2. The molecule has 1 amide bonds. The third-order valence-corrected chi connectivity index (χ3v) is 5.42. The van der Waals surface area contributed by atoms with E-state index in [1.165, 1.54) is 28.9 Å². The Hall–Kier alpha value is -3.69. The van der Waals surface area contributed by atoms with E-state index in [0.29, 0.717) is 29.3 Å². The van der Waals surface area contributed by atoms with E-state index >= 15 is 0 Å². The van der Waals surface area contributed by atoms with Gasteiger partial charge in [0.25, 0.3) is 5.91 Å². The van der Waals surface area contributed by atoms with Crippen LogP contribution < -0.4 is 19.5 Å². The molecule has 1 N–H and O–H groups in total. The number of alkyl halides is 3. The summed E-state index contributed by atoms with van der Waals surface area (Å²) in [6.07, 6.45) is -4.16. The van der Waals surface area contributed by atoms with Crippen molar-refractivity contribution in [1.82, 2.24) is 15.1 Å². The number of fused-ring (bicyclic) bond motifs is 2. The first-order valence-electron chi connectivity index (χ1n) is 10.4. The maximum Gasteiger partial charge on any atom is 0.573 e. The van der Waals surface area contributed by atoms with Crippen LogP contribution in [0.25, 0.3) is 5.69 Å². The number of hydrogen-bond donors (Lipinski definition) is 1. The molecule has 2 aliphatic heterocycles. The van der Waals surface area contributed by atoms with Gasteiger partial charge in [0.05, 0.1) is 17.4 Å². The molecule has 1 atom stereocenters. The molecule has 0 fully saturated rings. The molecule has 1 aromatic heterocycles. The highest BCUT2D eigenvalue weighted by Gasteiger charge is 2.38. The molecule has 10 heteroatoms. The van der Waals surface area contributed by atoms with Crippen molar-refractivity contribution in [3.63, 3.8) is 0 Å². The molecule has 1 unspecified atom stereocenters. The molecule has 0 saturated heterocycles. The summed E-state index contributed by atoms with van der Waals surface area (Å²) in [6, 6.07) is 10.3. The smallest absolute Gasteiger partial charge is 0.454 e. The topological polar surface area (TPSA) is 74.6 Å². The number of amides is 1.